The average molecular weight is 316 g/mol. The minimum Gasteiger partial charge on any atom is -0.484 e. The van der Waals surface area contributed by atoms with Gasteiger partial charge in [0.25, 0.3) is 5.91 Å². The second-order valence-corrected chi connectivity index (χ2v) is 6.77. The summed E-state index contributed by atoms with van der Waals surface area (Å²) >= 11 is 0. The molecular weight excluding hydrogens is 292 g/mol. The Morgan fingerprint density at radius 1 is 1.17 bits per heavy atom. The third kappa shape index (κ3) is 3.84. The van der Waals surface area contributed by atoms with Gasteiger partial charge < -0.3 is 15.4 Å². The van der Waals surface area contributed by atoms with Crippen LogP contribution in [0.15, 0.2) is 30.3 Å². The quantitative estimate of drug-likeness (QED) is 0.872. The SMILES string of the molecule is NC(=O)C1(CC2CC2)CCN(C(=O)COc2ccccc2)CC1. The van der Waals surface area contributed by atoms with Crippen molar-refractivity contribution in [3.05, 3.63) is 30.3 Å². The minimum atomic E-state index is -0.405. The molecule has 0 aromatic heterocycles. The van der Waals surface area contributed by atoms with E-state index in [0.717, 1.165) is 6.42 Å². The summed E-state index contributed by atoms with van der Waals surface area (Å²) in [4.78, 5) is 26.0. The molecule has 0 bridgehead atoms. The fourth-order valence-corrected chi connectivity index (χ4v) is 3.36. The third-order valence-electron chi connectivity index (χ3n) is 5.08. The molecule has 2 aliphatic rings. The molecular formula is C18H24N2O3. The molecule has 1 saturated carbocycles. The molecule has 1 aromatic rings. The second kappa shape index (κ2) is 6.60. The van der Waals surface area contributed by atoms with Crippen LogP contribution in [-0.2, 0) is 9.59 Å². The smallest absolute Gasteiger partial charge is 0.260 e. The number of amides is 2. The molecule has 1 heterocycles. The van der Waals surface area contributed by atoms with Crippen molar-refractivity contribution in [3.8, 4) is 5.75 Å². The van der Waals surface area contributed by atoms with Gasteiger partial charge in [0.05, 0.1) is 5.41 Å². The number of nitrogens with zero attached hydrogens (tertiary/aromatic N) is 1. The van der Waals surface area contributed by atoms with Crippen LogP contribution in [0.25, 0.3) is 0 Å². The standard InChI is InChI=1S/C18H24N2O3/c19-17(22)18(12-14-6-7-14)8-10-20(11-9-18)16(21)13-23-15-4-2-1-3-5-15/h1-5,14H,6-13H2,(H2,19,22). The van der Waals surface area contributed by atoms with E-state index in [0.29, 0.717) is 37.6 Å². The van der Waals surface area contributed by atoms with Crippen molar-refractivity contribution < 1.29 is 14.3 Å². The monoisotopic (exact) mass is 316 g/mol. The molecule has 3 rings (SSSR count). The van der Waals surface area contributed by atoms with Crippen molar-refractivity contribution in [3.63, 3.8) is 0 Å². The lowest BCUT2D eigenvalue weighted by atomic mass is 9.73. The van der Waals surface area contributed by atoms with Gasteiger partial charge in [-0.15, -0.1) is 0 Å². The van der Waals surface area contributed by atoms with Gasteiger partial charge in [-0.1, -0.05) is 31.0 Å². The van der Waals surface area contributed by atoms with E-state index in [2.05, 4.69) is 0 Å². The number of hydrogen-bond acceptors (Lipinski definition) is 3. The predicted octanol–water partition coefficient (Wildman–Crippen LogP) is 1.96. The topological polar surface area (TPSA) is 72.6 Å². The Kier molecular flexibility index (Phi) is 4.55. The van der Waals surface area contributed by atoms with Crippen LogP contribution in [0.2, 0.25) is 0 Å². The van der Waals surface area contributed by atoms with Crippen LogP contribution < -0.4 is 10.5 Å². The van der Waals surface area contributed by atoms with Gasteiger partial charge in [-0.25, -0.2) is 0 Å². The highest BCUT2D eigenvalue weighted by atomic mass is 16.5. The van der Waals surface area contributed by atoms with Gasteiger partial charge in [-0.2, -0.15) is 0 Å². The Morgan fingerprint density at radius 2 is 1.83 bits per heavy atom. The maximum atomic E-state index is 12.3. The molecule has 2 N–H and O–H groups in total. The van der Waals surface area contributed by atoms with Crippen LogP contribution in [0.4, 0.5) is 0 Å². The molecule has 5 nitrogen and oxygen atoms in total. The lowest BCUT2D eigenvalue weighted by Gasteiger charge is -2.39. The zero-order chi connectivity index (χ0) is 16.3. The molecule has 5 heteroatoms. The molecule has 124 valence electrons. The summed E-state index contributed by atoms with van der Waals surface area (Å²) < 4.78 is 5.51. The molecule has 2 fully saturated rings. The van der Waals surface area contributed by atoms with E-state index in [1.807, 2.05) is 30.3 Å². The number of benzene rings is 1. The number of carbonyl (C=O) groups is 2. The molecule has 1 aliphatic heterocycles. The van der Waals surface area contributed by atoms with E-state index in [9.17, 15) is 9.59 Å². The van der Waals surface area contributed by atoms with Crippen LogP contribution >= 0.6 is 0 Å². The Morgan fingerprint density at radius 3 is 2.39 bits per heavy atom. The molecule has 0 unspecified atom stereocenters. The van der Waals surface area contributed by atoms with Crippen LogP contribution in [-0.4, -0.2) is 36.4 Å². The first-order valence-corrected chi connectivity index (χ1v) is 8.35. The van der Waals surface area contributed by atoms with Gasteiger partial charge in [0.15, 0.2) is 6.61 Å². The van der Waals surface area contributed by atoms with Crippen LogP contribution in [0.5, 0.6) is 5.75 Å². The number of para-hydroxylation sites is 1. The first-order chi connectivity index (χ1) is 11.1. The first-order valence-electron chi connectivity index (χ1n) is 8.35. The molecule has 23 heavy (non-hydrogen) atoms. The highest BCUT2D eigenvalue weighted by molar-refractivity contribution is 5.82. The first kappa shape index (κ1) is 15.8. The summed E-state index contributed by atoms with van der Waals surface area (Å²) in [6, 6.07) is 9.32. The maximum absolute atomic E-state index is 12.3. The molecule has 0 spiro atoms. The lowest BCUT2D eigenvalue weighted by Crippen LogP contribution is -2.50. The maximum Gasteiger partial charge on any atom is 0.260 e. The number of rotatable bonds is 6. The van der Waals surface area contributed by atoms with Crippen molar-refractivity contribution in [2.24, 2.45) is 17.1 Å². The Labute approximate surface area is 136 Å². The number of hydrogen-bond donors (Lipinski definition) is 1. The predicted molar refractivity (Wildman–Crippen MR) is 86.7 cm³/mol. The van der Waals surface area contributed by atoms with E-state index in [4.69, 9.17) is 10.5 Å². The van der Waals surface area contributed by atoms with Crippen LogP contribution in [0.1, 0.15) is 32.1 Å². The van der Waals surface area contributed by atoms with Crippen molar-refractivity contribution in [2.45, 2.75) is 32.1 Å². The van der Waals surface area contributed by atoms with Crippen molar-refractivity contribution in [1.82, 2.24) is 4.90 Å². The Bertz CT molecular complexity index is 561. The Balaban J connectivity index is 1.51. The average Bonchev–Trinajstić information content (AvgIpc) is 3.38. The summed E-state index contributed by atoms with van der Waals surface area (Å²) in [6.45, 7) is 1.22. The molecule has 1 saturated heterocycles. The van der Waals surface area contributed by atoms with E-state index in [1.54, 1.807) is 4.90 Å². The summed E-state index contributed by atoms with van der Waals surface area (Å²) in [5.74, 6) is 1.12. The van der Waals surface area contributed by atoms with Gasteiger partial charge in [0.1, 0.15) is 5.75 Å². The number of likely N-dealkylation sites (tertiary alicyclic amines) is 1. The number of carbonyl (C=O) groups excluding carboxylic acids is 2. The van der Waals surface area contributed by atoms with Crippen LogP contribution in [0.3, 0.4) is 0 Å². The summed E-state index contributed by atoms with van der Waals surface area (Å²) in [7, 11) is 0. The van der Waals surface area contributed by atoms with Gasteiger partial charge >= 0.3 is 0 Å². The van der Waals surface area contributed by atoms with Gasteiger partial charge in [0, 0.05) is 13.1 Å². The third-order valence-corrected chi connectivity index (χ3v) is 5.08. The number of piperidine rings is 1. The zero-order valence-corrected chi connectivity index (χ0v) is 13.4. The van der Waals surface area contributed by atoms with Crippen LogP contribution in [0, 0.1) is 11.3 Å². The van der Waals surface area contributed by atoms with Gasteiger partial charge in [-0.3, -0.25) is 9.59 Å². The second-order valence-electron chi connectivity index (χ2n) is 6.77. The number of nitrogens with two attached hydrogens (primary N) is 1. The summed E-state index contributed by atoms with van der Waals surface area (Å²) in [5, 5.41) is 0. The number of ether oxygens (including phenoxy) is 1. The van der Waals surface area contributed by atoms with E-state index in [1.165, 1.54) is 12.8 Å². The highest BCUT2D eigenvalue weighted by Gasteiger charge is 2.44. The molecule has 0 radical (unpaired) electrons. The molecule has 1 aliphatic carbocycles. The van der Waals surface area contributed by atoms with Crippen molar-refractivity contribution >= 4 is 11.8 Å². The minimum absolute atomic E-state index is 0.0293. The van der Waals surface area contributed by atoms with Gasteiger partial charge in [0.2, 0.25) is 5.91 Å². The van der Waals surface area contributed by atoms with E-state index < -0.39 is 5.41 Å². The van der Waals surface area contributed by atoms with E-state index in [-0.39, 0.29) is 18.4 Å². The summed E-state index contributed by atoms with van der Waals surface area (Å²) in [6.07, 6.45) is 4.67. The zero-order valence-electron chi connectivity index (χ0n) is 13.4. The molecule has 0 atom stereocenters. The Hall–Kier alpha value is -2.04. The fraction of sp³-hybridized carbons (Fsp3) is 0.556. The van der Waals surface area contributed by atoms with E-state index >= 15 is 0 Å². The van der Waals surface area contributed by atoms with Crippen molar-refractivity contribution in [1.29, 1.82) is 0 Å². The fourth-order valence-electron chi connectivity index (χ4n) is 3.36. The van der Waals surface area contributed by atoms with Crippen molar-refractivity contribution in [2.75, 3.05) is 19.7 Å². The summed E-state index contributed by atoms with van der Waals surface area (Å²) in [5.41, 5.74) is 5.26. The molecule has 1 aromatic carbocycles. The largest absolute Gasteiger partial charge is 0.484 e. The normalized spacial score (nSPS) is 20.1. The highest BCUT2D eigenvalue weighted by Crippen LogP contribution is 2.45. The van der Waals surface area contributed by atoms with Gasteiger partial charge in [-0.05, 0) is 37.3 Å². The molecule has 2 amide bonds. The number of primary amides is 1. The lowest BCUT2D eigenvalue weighted by molar-refractivity contribution is -0.140.